The Bertz CT molecular complexity index is 646. The molecule has 2 nitrogen and oxygen atoms in total. The third-order valence-electron chi connectivity index (χ3n) is 3.20. The van der Waals surface area contributed by atoms with Crippen LogP contribution in [0.25, 0.3) is 11.3 Å². The average molecular weight is 258 g/mol. The van der Waals surface area contributed by atoms with Crippen LogP contribution in [0.3, 0.4) is 0 Å². The summed E-state index contributed by atoms with van der Waals surface area (Å²) in [4.78, 5) is 7.65. The molecule has 3 heteroatoms. The predicted octanol–water partition coefficient (Wildman–Crippen LogP) is 4.35. The molecule has 0 amide bonds. The number of hydrogen-bond donors (Lipinski definition) is 1. The van der Waals surface area contributed by atoms with Crippen LogP contribution in [-0.2, 0) is 0 Å². The van der Waals surface area contributed by atoms with Crippen molar-refractivity contribution in [2.24, 2.45) is 0 Å². The van der Waals surface area contributed by atoms with Crippen LogP contribution in [0.5, 0.6) is 0 Å². The van der Waals surface area contributed by atoms with Crippen LogP contribution in [0.4, 0.5) is 0 Å². The first-order valence-electron chi connectivity index (χ1n) is 6.06. The summed E-state index contributed by atoms with van der Waals surface area (Å²) in [6.45, 7) is 10.4. The van der Waals surface area contributed by atoms with Crippen molar-refractivity contribution in [3.05, 3.63) is 44.9 Å². The molecule has 0 saturated heterocycles. The van der Waals surface area contributed by atoms with Crippen molar-refractivity contribution in [1.29, 1.82) is 0 Å². The van der Waals surface area contributed by atoms with Gasteiger partial charge in [-0.25, -0.2) is 4.98 Å². The van der Waals surface area contributed by atoms with E-state index in [2.05, 4.69) is 42.9 Å². The number of rotatable bonds is 1. The second kappa shape index (κ2) is 4.65. The molecule has 1 N–H and O–H groups in total. The van der Waals surface area contributed by atoms with Crippen molar-refractivity contribution in [1.82, 2.24) is 9.97 Å². The summed E-state index contributed by atoms with van der Waals surface area (Å²) in [6, 6.07) is 4.41. The molecule has 0 spiro atoms. The SMILES string of the molecule is Cc1cc(C)c(-c2[nH]c(C)nc(=S)c2C)c(C)c1. The summed E-state index contributed by atoms with van der Waals surface area (Å²) in [5.74, 6) is 0.861. The highest BCUT2D eigenvalue weighted by molar-refractivity contribution is 7.71. The largest absolute Gasteiger partial charge is 0.343 e. The number of benzene rings is 1. The Kier molecular flexibility index (Phi) is 3.35. The minimum absolute atomic E-state index is 0.681. The molecule has 0 radical (unpaired) electrons. The third-order valence-corrected chi connectivity index (χ3v) is 3.60. The first-order chi connectivity index (χ1) is 8.40. The van der Waals surface area contributed by atoms with E-state index in [1.807, 2.05) is 13.8 Å². The third kappa shape index (κ3) is 2.23. The summed E-state index contributed by atoms with van der Waals surface area (Å²) in [5.41, 5.74) is 7.22. The standard InChI is InChI=1S/C15H18N2S/c1-8-6-9(2)13(10(3)7-8)14-11(4)15(18)17-12(5)16-14/h6-7H,1-5H3,(H,16,17,18). The van der Waals surface area contributed by atoms with Gasteiger partial charge in [-0.2, -0.15) is 0 Å². The van der Waals surface area contributed by atoms with Gasteiger partial charge in [0.2, 0.25) is 0 Å². The second-order valence-electron chi connectivity index (χ2n) is 4.90. The van der Waals surface area contributed by atoms with E-state index >= 15 is 0 Å². The zero-order valence-electron chi connectivity index (χ0n) is 11.5. The van der Waals surface area contributed by atoms with Crippen molar-refractivity contribution in [3.63, 3.8) is 0 Å². The molecule has 0 fully saturated rings. The number of nitrogens with zero attached hydrogens (tertiary/aromatic N) is 1. The van der Waals surface area contributed by atoms with E-state index in [4.69, 9.17) is 12.2 Å². The lowest BCUT2D eigenvalue weighted by molar-refractivity contribution is 1.02. The Morgan fingerprint density at radius 2 is 1.56 bits per heavy atom. The highest BCUT2D eigenvalue weighted by atomic mass is 32.1. The topological polar surface area (TPSA) is 28.7 Å². The maximum absolute atomic E-state index is 5.31. The molecular weight excluding hydrogens is 240 g/mol. The van der Waals surface area contributed by atoms with Crippen molar-refractivity contribution in [2.45, 2.75) is 34.6 Å². The van der Waals surface area contributed by atoms with Crippen LogP contribution in [0.15, 0.2) is 12.1 Å². The van der Waals surface area contributed by atoms with Gasteiger partial charge >= 0.3 is 0 Å². The zero-order valence-corrected chi connectivity index (χ0v) is 12.3. The number of aromatic amines is 1. The minimum atomic E-state index is 0.681. The molecule has 1 aromatic heterocycles. The molecule has 2 aromatic rings. The fraction of sp³-hybridized carbons (Fsp3) is 0.333. The molecule has 0 bridgehead atoms. The molecule has 0 unspecified atom stereocenters. The molecule has 0 atom stereocenters. The molecule has 0 aliphatic heterocycles. The van der Waals surface area contributed by atoms with Crippen molar-refractivity contribution < 1.29 is 0 Å². The summed E-state index contributed by atoms with van der Waals surface area (Å²) in [6.07, 6.45) is 0. The Morgan fingerprint density at radius 3 is 2.11 bits per heavy atom. The smallest absolute Gasteiger partial charge is 0.133 e. The summed E-state index contributed by atoms with van der Waals surface area (Å²) >= 11 is 5.31. The van der Waals surface area contributed by atoms with Gasteiger partial charge in [0.05, 0.1) is 5.69 Å². The van der Waals surface area contributed by atoms with Crippen LogP contribution in [0, 0.1) is 39.3 Å². The van der Waals surface area contributed by atoms with Crippen LogP contribution < -0.4 is 0 Å². The number of hydrogen-bond acceptors (Lipinski definition) is 2. The van der Waals surface area contributed by atoms with Crippen molar-refractivity contribution in [2.75, 3.05) is 0 Å². The summed E-state index contributed by atoms with van der Waals surface area (Å²) in [5, 5.41) is 0. The predicted molar refractivity (Wildman–Crippen MR) is 78.5 cm³/mol. The van der Waals surface area contributed by atoms with Gasteiger partial charge in [-0.3, -0.25) is 0 Å². The number of H-pyrrole nitrogens is 1. The maximum atomic E-state index is 5.31. The van der Waals surface area contributed by atoms with Gasteiger partial charge in [0.1, 0.15) is 10.5 Å². The molecule has 2 rings (SSSR count). The highest BCUT2D eigenvalue weighted by Crippen LogP contribution is 2.29. The van der Waals surface area contributed by atoms with Gasteiger partial charge < -0.3 is 4.98 Å². The van der Waals surface area contributed by atoms with Gasteiger partial charge in [0, 0.05) is 11.1 Å². The van der Waals surface area contributed by atoms with Crippen molar-refractivity contribution in [3.8, 4) is 11.3 Å². The van der Waals surface area contributed by atoms with E-state index in [-0.39, 0.29) is 0 Å². The molecular formula is C15H18N2S. The first kappa shape index (κ1) is 13.0. The Morgan fingerprint density at radius 1 is 1.00 bits per heavy atom. The Balaban J connectivity index is 2.81. The lowest BCUT2D eigenvalue weighted by atomic mass is 9.95. The molecule has 0 saturated carbocycles. The zero-order chi connectivity index (χ0) is 13.4. The van der Waals surface area contributed by atoms with E-state index in [0.29, 0.717) is 4.64 Å². The number of aromatic nitrogens is 2. The first-order valence-corrected chi connectivity index (χ1v) is 6.46. The molecule has 18 heavy (non-hydrogen) atoms. The Labute approximate surface area is 113 Å². The molecule has 94 valence electrons. The van der Waals surface area contributed by atoms with E-state index in [0.717, 1.165) is 17.1 Å². The van der Waals surface area contributed by atoms with Gasteiger partial charge in [-0.1, -0.05) is 29.9 Å². The fourth-order valence-electron chi connectivity index (χ4n) is 2.47. The van der Waals surface area contributed by atoms with Crippen LogP contribution in [-0.4, -0.2) is 9.97 Å². The lowest BCUT2D eigenvalue weighted by Gasteiger charge is -2.14. The summed E-state index contributed by atoms with van der Waals surface area (Å²) < 4.78 is 0.681. The molecule has 0 aliphatic carbocycles. The van der Waals surface area contributed by atoms with Crippen LogP contribution in [0.1, 0.15) is 28.1 Å². The van der Waals surface area contributed by atoms with E-state index in [1.54, 1.807) is 0 Å². The van der Waals surface area contributed by atoms with Gasteiger partial charge in [0.15, 0.2) is 0 Å². The minimum Gasteiger partial charge on any atom is -0.343 e. The molecule has 1 aromatic carbocycles. The van der Waals surface area contributed by atoms with Gasteiger partial charge in [-0.15, -0.1) is 0 Å². The van der Waals surface area contributed by atoms with E-state index in [9.17, 15) is 0 Å². The number of aryl methyl sites for hydroxylation is 4. The average Bonchev–Trinajstić information content (AvgIpc) is 2.23. The normalized spacial score (nSPS) is 10.7. The fourth-order valence-corrected chi connectivity index (χ4v) is 2.71. The van der Waals surface area contributed by atoms with E-state index in [1.165, 1.54) is 22.3 Å². The lowest BCUT2D eigenvalue weighted by Crippen LogP contribution is -2.00. The van der Waals surface area contributed by atoms with Crippen molar-refractivity contribution >= 4 is 12.2 Å². The van der Waals surface area contributed by atoms with Gasteiger partial charge in [-0.05, 0) is 45.7 Å². The monoisotopic (exact) mass is 258 g/mol. The van der Waals surface area contributed by atoms with Crippen LogP contribution in [0.2, 0.25) is 0 Å². The maximum Gasteiger partial charge on any atom is 0.133 e. The van der Waals surface area contributed by atoms with Gasteiger partial charge in [0.25, 0.3) is 0 Å². The van der Waals surface area contributed by atoms with Crippen LogP contribution >= 0.6 is 12.2 Å². The Hall–Kier alpha value is -1.48. The van der Waals surface area contributed by atoms with E-state index < -0.39 is 0 Å². The quantitative estimate of drug-likeness (QED) is 0.770. The number of nitrogens with one attached hydrogen (secondary N) is 1. The summed E-state index contributed by atoms with van der Waals surface area (Å²) in [7, 11) is 0. The second-order valence-corrected chi connectivity index (χ2v) is 5.29. The highest BCUT2D eigenvalue weighted by Gasteiger charge is 2.11. The molecule has 1 heterocycles. The molecule has 0 aliphatic rings.